The first-order valence-electron chi connectivity index (χ1n) is 5.28. The molecular weight excluding hydrogens is 190 g/mol. The maximum absolute atomic E-state index is 9.71. The van der Waals surface area contributed by atoms with Crippen LogP contribution in [0.15, 0.2) is 12.1 Å². The van der Waals surface area contributed by atoms with E-state index in [2.05, 4.69) is 19.0 Å². The summed E-state index contributed by atoms with van der Waals surface area (Å²) >= 11 is 0. The Labute approximate surface area is 90.0 Å². The molecular formula is C12H17NO2. The second-order valence-corrected chi connectivity index (χ2v) is 4.50. The number of rotatable bonds is 2. The third kappa shape index (κ3) is 1.79. The topological polar surface area (TPSA) is 43.7 Å². The smallest absolute Gasteiger partial charge is 0.160 e. The molecule has 0 aliphatic heterocycles. The zero-order valence-electron chi connectivity index (χ0n) is 9.20. The van der Waals surface area contributed by atoms with Crippen LogP contribution in [0.25, 0.3) is 0 Å². The normalized spacial score (nSPS) is 19.5. The lowest BCUT2D eigenvalue weighted by atomic mass is 10.0. The highest BCUT2D eigenvalue weighted by Gasteiger charge is 2.26. The van der Waals surface area contributed by atoms with Crippen LogP contribution in [-0.4, -0.2) is 35.8 Å². The van der Waals surface area contributed by atoms with E-state index in [4.69, 9.17) is 0 Å². The first-order valence-corrected chi connectivity index (χ1v) is 5.28. The van der Waals surface area contributed by atoms with Crippen molar-refractivity contribution >= 4 is 0 Å². The fourth-order valence-electron chi connectivity index (χ4n) is 2.39. The average Bonchev–Trinajstić information content (AvgIpc) is 2.55. The summed E-state index contributed by atoms with van der Waals surface area (Å²) in [5, 5.41) is 19.1. The molecule has 1 aliphatic rings. The molecule has 0 radical (unpaired) electrons. The van der Waals surface area contributed by atoms with Gasteiger partial charge in [-0.05, 0) is 44.5 Å². The number of phenols is 2. The van der Waals surface area contributed by atoms with Crippen LogP contribution in [0, 0.1) is 0 Å². The van der Waals surface area contributed by atoms with Crippen LogP contribution in [0.5, 0.6) is 11.5 Å². The number of fused-ring (bicyclic) bond motifs is 1. The van der Waals surface area contributed by atoms with Gasteiger partial charge < -0.3 is 15.1 Å². The molecule has 0 spiro atoms. The number of benzene rings is 1. The molecule has 1 atom stereocenters. The molecule has 2 N–H and O–H groups in total. The first-order chi connectivity index (χ1) is 7.09. The molecule has 3 heteroatoms. The minimum atomic E-state index is -0.000692. The molecule has 1 unspecified atom stereocenters. The molecule has 1 aromatic carbocycles. The van der Waals surface area contributed by atoms with Crippen LogP contribution in [0.1, 0.15) is 23.5 Å². The van der Waals surface area contributed by atoms with Crippen LogP contribution < -0.4 is 0 Å². The maximum atomic E-state index is 9.71. The van der Waals surface area contributed by atoms with E-state index in [0.29, 0.717) is 5.92 Å². The number of hydrogen-bond donors (Lipinski definition) is 2. The molecule has 0 saturated heterocycles. The molecule has 82 valence electrons. The first kappa shape index (κ1) is 10.3. The second kappa shape index (κ2) is 3.74. The van der Waals surface area contributed by atoms with Crippen molar-refractivity contribution in [1.82, 2.24) is 4.90 Å². The Kier molecular flexibility index (Phi) is 2.57. The Morgan fingerprint density at radius 2 is 2.07 bits per heavy atom. The molecule has 2 rings (SSSR count). The lowest BCUT2D eigenvalue weighted by Gasteiger charge is -2.17. The second-order valence-electron chi connectivity index (χ2n) is 4.50. The summed E-state index contributed by atoms with van der Waals surface area (Å²) in [7, 11) is 4.11. The Bertz CT molecular complexity index is 374. The fourth-order valence-corrected chi connectivity index (χ4v) is 2.39. The van der Waals surface area contributed by atoms with E-state index in [9.17, 15) is 10.2 Å². The van der Waals surface area contributed by atoms with Crippen molar-refractivity contribution in [3.05, 3.63) is 23.3 Å². The molecule has 3 nitrogen and oxygen atoms in total. The number of aromatic hydroxyl groups is 2. The summed E-state index contributed by atoms with van der Waals surface area (Å²) in [6.45, 7) is 0.997. The Hall–Kier alpha value is -1.22. The molecule has 0 amide bonds. The number of phenolic OH excluding ortho intramolecular Hbond substituents is 2. The van der Waals surface area contributed by atoms with E-state index < -0.39 is 0 Å². The van der Waals surface area contributed by atoms with E-state index >= 15 is 0 Å². The van der Waals surface area contributed by atoms with Gasteiger partial charge in [-0.1, -0.05) is 6.07 Å². The zero-order valence-corrected chi connectivity index (χ0v) is 9.20. The fraction of sp³-hybridized carbons (Fsp3) is 0.500. The summed E-state index contributed by atoms with van der Waals surface area (Å²) in [6.07, 6.45) is 1.93. The molecule has 0 aromatic heterocycles. The average molecular weight is 207 g/mol. The van der Waals surface area contributed by atoms with Crippen molar-refractivity contribution in [3.63, 3.8) is 0 Å². The summed E-state index contributed by atoms with van der Waals surface area (Å²) < 4.78 is 0. The van der Waals surface area contributed by atoms with Crippen LogP contribution >= 0.6 is 0 Å². The standard InChI is InChI=1S/C12H17NO2/c1-13(2)7-8-3-4-10-9(8)5-6-11(14)12(10)15/h5-6,8,14-15H,3-4,7H2,1-2H3. The largest absolute Gasteiger partial charge is 0.504 e. The van der Waals surface area contributed by atoms with Crippen LogP contribution in [0.4, 0.5) is 0 Å². The van der Waals surface area contributed by atoms with Gasteiger partial charge in [-0.25, -0.2) is 0 Å². The summed E-state index contributed by atoms with van der Waals surface area (Å²) in [4.78, 5) is 2.16. The lowest BCUT2D eigenvalue weighted by Crippen LogP contribution is -2.18. The lowest BCUT2D eigenvalue weighted by molar-refractivity contribution is 0.372. The van der Waals surface area contributed by atoms with E-state index in [0.717, 1.165) is 24.9 Å². The van der Waals surface area contributed by atoms with Gasteiger partial charge >= 0.3 is 0 Å². The van der Waals surface area contributed by atoms with Gasteiger partial charge in [0, 0.05) is 12.1 Å². The molecule has 0 saturated carbocycles. The van der Waals surface area contributed by atoms with Gasteiger partial charge in [0.05, 0.1) is 0 Å². The molecule has 0 fully saturated rings. The molecule has 1 aliphatic carbocycles. The quantitative estimate of drug-likeness (QED) is 0.725. The monoisotopic (exact) mass is 207 g/mol. The van der Waals surface area contributed by atoms with Crippen LogP contribution in [0.3, 0.4) is 0 Å². The molecule has 15 heavy (non-hydrogen) atoms. The Balaban J connectivity index is 2.32. The van der Waals surface area contributed by atoms with Crippen molar-refractivity contribution in [3.8, 4) is 11.5 Å². The maximum Gasteiger partial charge on any atom is 0.160 e. The van der Waals surface area contributed by atoms with Crippen LogP contribution in [-0.2, 0) is 6.42 Å². The molecule has 1 aromatic rings. The minimum absolute atomic E-state index is 0.000692. The van der Waals surface area contributed by atoms with Gasteiger partial charge in [0.25, 0.3) is 0 Å². The van der Waals surface area contributed by atoms with E-state index in [-0.39, 0.29) is 11.5 Å². The zero-order chi connectivity index (χ0) is 11.0. The highest BCUT2D eigenvalue weighted by Crippen LogP contribution is 2.42. The van der Waals surface area contributed by atoms with Crippen molar-refractivity contribution in [2.75, 3.05) is 20.6 Å². The summed E-state index contributed by atoms with van der Waals surface area (Å²) in [5.41, 5.74) is 2.13. The third-order valence-corrected chi connectivity index (χ3v) is 3.07. The highest BCUT2D eigenvalue weighted by atomic mass is 16.3. The Morgan fingerprint density at radius 1 is 1.33 bits per heavy atom. The van der Waals surface area contributed by atoms with Gasteiger partial charge in [-0.15, -0.1) is 0 Å². The van der Waals surface area contributed by atoms with Crippen molar-refractivity contribution < 1.29 is 10.2 Å². The number of nitrogens with zero attached hydrogens (tertiary/aromatic N) is 1. The van der Waals surface area contributed by atoms with Gasteiger partial charge in [0.1, 0.15) is 0 Å². The number of likely N-dealkylation sites (N-methyl/N-ethyl adjacent to an activating group) is 1. The third-order valence-electron chi connectivity index (χ3n) is 3.07. The van der Waals surface area contributed by atoms with E-state index in [1.165, 1.54) is 5.56 Å². The SMILES string of the molecule is CN(C)CC1CCc2c1ccc(O)c2O. The van der Waals surface area contributed by atoms with Gasteiger partial charge in [-0.3, -0.25) is 0 Å². The summed E-state index contributed by atoms with van der Waals surface area (Å²) in [5.74, 6) is 0.564. The predicted molar refractivity (Wildman–Crippen MR) is 59.4 cm³/mol. The van der Waals surface area contributed by atoms with Crippen molar-refractivity contribution in [2.45, 2.75) is 18.8 Å². The molecule has 0 bridgehead atoms. The number of hydrogen-bond acceptors (Lipinski definition) is 3. The van der Waals surface area contributed by atoms with E-state index in [1.54, 1.807) is 6.07 Å². The van der Waals surface area contributed by atoms with Crippen molar-refractivity contribution in [1.29, 1.82) is 0 Å². The highest BCUT2D eigenvalue weighted by molar-refractivity contribution is 5.52. The summed E-state index contributed by atoms with van der Waals surface area (Å²) in [6, 6.07) is 3.52. The van der Waals surface area contributed by atoms with Gasteiger partial charge in [-0.2, -0.15) is 0 Å². The van der Waals surface area contributed by atoms with Crippen molar-refractivity contribution in [2.24, 2.45) is 0 Å². The van der Waals surface area contributed by atoms with Gasteiger partial charge in [0.15, 0.2) is 11.5 Å². The van der Waals surface area contributed by atoms with Gasteiger partial charge in [0.2, 0.25) is 0 Å². The minimum Gasteiger partial charge on any atom is -0.504 e. The predicted octanol–water partition coefficient (Wildman–Crippen LogP) is 1.69. The van der Waals surface area contributed by atoms with Crippen LogP contribution in [0.2, 0.25) is 0 Å². The Morgan fingerprint density at radius 3 is 2.73 bits per heavy atom. The van der Waals surface area contributed by atoms with E-state index in [1.807, 2.05) is 6.07 Å². The molecule has 0 heterocycles.